The van der Waals surface area contributed by atoms with E-state index < -0.39 is 11.6 Å². The zero-order valence-electron chi connectivity index (χ0n) is 16.0. The maximum absolute atomic E-state index is 11.9. The summed E-state index contributed by atoms with van der Waals surface area (Å²) in [5.74, 6) is 0. The van der Waals surface area contributed by atoms with Crippen molar-refractivity contribution in [2.45, 2.75) is 44.8 Å². The molecule has 0 atom stereocenters. The number of hydrogen-bond acceptors (Lipinski definition) is 2. The Labute approximate surface area is 156 Å². The first-order valence-electron chi connectivity index (χ1n) is 9.10. The van der Waals surface area contributed by atoms with E-state index in [1.165, 1.54) is 11.1 Å². The Morgan fingerprint density at radius 3 is 1.77 bits per heavy atom. The monoisotopic (exact) mass is 352 g/mol. The lowest BCUT2D eigenvalue weighted by molar-refractivity contribution is -0.0789. The van der Waals surface area contributed by atoms with Gasteiger partial charge in [-0.2, -0.15) is 0 Å². The van der Waals surface area contributed by atoms with Gasteiger partial charge in [0.25, 0.3) is 0 Å². The topological polar surface area (TPSA) is 43.8 Å². The zero-order valence-corrected chi connectivity index (χ0v) is 16.0. The summed E-state index contributed by atoms with van der Waals surface area (Å²) in [5, 5.41) is 9.78. The Bertz CT molecular complexity index is 707. The molecular weight excluding hydrogens is 324 g/mol. The highest BCUT2D eigenvalue weighted by Gasteiger charge is 2.51. The molecule has 1 saturated heterocycles. The molecule has 0 saturated carbocycles. The van der Waals surface area contributed by atoms with Gasteiger partial charge in [0.2, 0.25) is 0 Å². The fourth-order valence-corrected chi connectivity index (χ4v) is 4.37. The van der Waals surface area contributed by atoms with Crippen molar-refractivity contribution in [1.29, 1.82) is 0 Å². The van der Waals surface area contributed by atoms with Gasteiger partial charge in [-0.25, -0.2) is 4.79 Å². The van der Waals surface area contributed by atoms with Gasteiger partial charge in [-0.15, -0.1) is 0 Å². The van der Waals surface area contributed by atoms with Crippen molar-refractivity contribution < 1.29 is 9.90 Å². The van der Waals surface area contributed by atoms with Crippen LogP contribution < -0.4 is 0 Å². The molecule has 1 aliphatic rings. The van der Waals surface area contributed by atoms with Crippen LogP contribution in [-0.4, -0.2) is 45.2 Å². The van der Waals surface area contributed by atoms with Gasteiger partial charge in [0.05, 0.1) is 11.6 Å². The molecule has 0 aromatic heterocycles. The normalized spacial score (nSPS) is 17.0. The molecule has 0 spiro atoms. The minimum absolute atomic E-state index is 0.140. The molecule has 1 amide bonds. The molecule has 26 heavy (non-hydrogen) atoms. The zero-order chi connectivity index (χ0) is 18.9. The molecule has 2 aromatic carbocycles. The van der Waals surface area contributed by atoms with Crippen LogP contribution in [0.1, 0.15) is 44.9 Å². The second-order valence-electron chi connectivity index (χ2n) is 8.41. The van der Waals surface area contributed by atoms with Gasteiger partial charge in [0, 0.05) is 18.6 Å². The Hall–Kier alpha value is -2.33. The summed E-state index contributed by atoms with van der Waals surface area (Å²) >= 11 is 0. The molecule has 0 aliphatic carbocycles. The lowest BCUT2D eigenvalue weighted by Crippen LogP contribution is -2.73. The van der Waals surface area contributed by atoms with E-state index in [-0.39, 0.29) is 11.6 Å². The van der Waals surface area contributed by atoms with Gasteiger partial charge in [0.1, 0.15) is 0 Å². The quantitative estimate of drug-likeness (QED) is 0.872. The Balaban J connectivity index is 1.89. The van der Waals surface area contributed by atoms with Crippen LogP contribution in [0.25, 0.3) is 0 Å². The summed E-state index contributed by atoms with van der Waals surface area (Å²) in [6.45, 7) is 9.36. The Morgan fingerprint density at radius 1 is 1.00 bits per heavy atom. The van der Waals surface area contributed by atoms with Crippen LogP contribution in [0.2, 0.25) is 0 Å². The molecule has 1 aliphatic heterocycles. The smallest absolute Gasteiger partial charge is 0.408 e. The summed E-state index contributed by atoms with van der Waals surface area (Å²) < 4.78 is 0. The number of likely N-dealkylation sites (tertiary alicyclic amines) is 1. The van der Waals surface area contributed by atoms with Gasteiger partial charge in [0.15, 0.2) is 0 Å². The van der Waals surface area contributed by atoms with Crippen LogP contribution in [0.3, 0.4) is 0 Å². The van der Waals surface area contributed by atoms with Gasteiger partial charge in [-0.3, -0.25) is 9.80 Å². The number of carboxylic acid groups (broad SMARTS) is 1. The predicted molar refractivity (Wildman–Crippen MR) is 104 cm³/mol. The standard InChI is InChI=1S/C22H28N2O2/c1-21(2,3)24(20(25)26)22(4)15-23(16-22)19(17-11-7-5-8-12-17)18-13-9-6-10-14-18/h5-14,19H,15-16H2,1-4H3,(H,25,26). The Morgan fingerprint density at radius 2 is 1.42 bits per heavy atom. The highest BCUT2D eigenvalue weighted by atomic mass is 16.4. The van der Waals surface area contributed by atoms with E-state index in [1.54, 1.807) is 4.90 Å². The van der Waals surface area contributed by atoms with E-state index in [9.17, 15) is 9.90 Å². The van der Waals surface area contributed by atoms with E-state index in [1.807, 2.05) is 32.9 Å². The van der Waals surface area contributed by atoms with Crippen molar-refractivity contribution in [3.63, 3.8) is 0 Å². The predicted octanol–water partition coefficient (Wildman–Crippen LogP) is 4.63. The third-order valence-electron chi connectivity index (χ3n) is 5.09. The second-order valence-corrected chi connectivity index (χ2v) is 8.41. The van der Waals surface area contributed by atoms with Crippen LogP contribution in [0.4, 0.5) is 4.79 Å². The molecule has 0 bridgehead atoms. The molecule has 1 heterocycles. The van der Waals surface area contributed by atoms with Crippen molar-refractivity contribution in [2.75, 3.05) is 13.1 Å². The van der Waals surface area contributed by atoms with Crippen LogP contribution in [-0.2, 0) is 0 Å². The molecule has 1 fully saturated rings. The molecule has 0 radical (unpaired) electrons. The second kappa shape index (κ2) is 6.76. The SMILES string of the molecule is CC(C)(C)N(C(=O)O)C1(C)CN(C(c2ccccc2)c2ccccc2)C1. The largest absolute Gasteiger partial charge is 0.465 e. The highest BCUT2D eigenvalue weighted by Crippen LogP contribution is 2.40. The molecule has 138 valence electrons. The van der Waals surface area contributed by atoms with Gasteiger partial charge in [-0.1, -0.05) is 60.7 Å². The maximum atomic E-state index is 11.9. The van der Waals surface area contributed by atoms with E-state index in [4.69, 9.17) is 0 Å². The van der Waals surface area contributed by atoms with Gasteiger partial charge in [-0.05, 0) is 38.8 Å². The summed E-state index contributed by atoms with van der Waals surface area (Å²) in [7, 11) is 0. The van der Waals surface area contributed by atoms with E-state index in [2.05, 4.69) is 60.4 Å². The lowest BCUT2D eigenvalue weighted by Gasteiger charge is -2.58. The lowest BCUT2D eigenvalue weighted by atomic mass is 9.82. The minimum atomic E-state index is -0.851. The summed E-state index contributed by atoms with van der Waals surface area (Å²) in [4.78, 5) is 15.9. The number of benzene rings is 2. The number of carbonyl (C=O) groups is 1. The highest BCUT2D eigenvalue weighted by molar-refractivity contribution is 5.67. The number of rotatable bonds is 4. The van der Waals surface area contributed by atoms with Gasteiger partial charge >= 0.3 is 6.09 Å². The average Bonchev–Trinajstić information content (AvgIpc) is 2.54. The summed E-state index contributed by atoms with van der Waals surface area (Å²) in [5.41, 5.74) is 1.66. The van der Waals surface area contributed by atoms with E-state index in [0.29, 0.717) is 13.1 Å². The molecule has 4 heteroatoms. The molecule has 1 N–H and O–H groups in total. The van der Waals surface area contributed by atoms with Crippen molar-refractivity contribution in [3.8, 4) is 0 Å². The van der Waals surface area contributed by atoms with Crippen LogP contribution in [0.15, 0.2) is 60.7 Å². The number of nitrogens with zero attached hydrogens (tertiary/aromatic N) is 2. The third kappa shape index (κ3) is 3.47. The number of hydrogen-bond donors (Lipinski definition) is 1. The van der Waals surface area contributed by atoms with Crippen molar-refractivity contribution in [3.05, 3.63) is 71.8 Å². The maximum Gasteiger partial charge on any atom is 0.408 e. The first-order chi connectivity index (χ1) is 12.2. The van der Waals surface area contributed by atoms with Crippen molar-refractivity contribution >= 4 is 6.09 Å². The van der Waals surface area contributed by atoms with E-state index >= 15 is 0 Å². The van der Waals surface area contributed by atoms with Gasteiger partial charge < -0.3 is 5.11 Å². The molecule has 3 rings (SSSR count). The average molecular weight is 352 g/mol. The molecular formula is C22H28N2O2. The van der Waals surface area contributed by atoms with Crippen LogP contribution in [0, 0.1) is 0 Å². The minimum Gasteiger partial charge on any atom is -0.465 e. The van der Waals surface area contributed by atoms with Crippen molar-refractivity contribution in [1.82, 2.24) is 9.80 Å². The first kappa shape index (κ1) is 18.5. The van der Waals surface area contributed by atoms with Crippen molar-refractivity contribution in [2.24, 2.45) is 0 Å². The molecule has 4 nitrogen and oxygen atoms in total. The Kier molecular flexibility index (Phi) is 4.80. The summed E-state index contributed by atoms with van der Waals surface area (Å²) in [6, 6.07) is 21.0. The molecule has 0 unspecified atom stereocenters. The number of amides is 1. The van der Waals surface area contributed by atoms with Crippen LogP contribution in [0.5, 0.6) is 0 Å². The fourth-order valence-electron chi connectivity index (χ4n) is 4.37. The summed E-state index contributed by atoms with van der Waals surface area (Å²) in [6.07, 6.45) is -0.851. The van der Waals surface area contributed by atoms with Crippen LogP contribution >= 0.6 is 0 Å². The third-order valence-corrected chi connectivity index (χ3v) is 5.09. The van der Waals surface area contributed by atoms with E-state index in [0.717, 1.165) is 0 Å². The molecule has 2 aromatic rings. The fraction of sp³-hybridized carbons (Fsp3) is 0.409. The first-order valence-corrected chi connectivity index (χ1v) is 9.10.